The lowest BCUT2D eigenvalue weighted by atomic mass is 9.96. The van der Waals surface area contributed by atoms with Gasteiger partial charge in [-0.2, -0.15) is 0 Å². The van der Waals surface area contributed by atoms with Gasteiger partial charge in [0.25, 0.3) is 0 Å². The summed E-state index contributed by atoms with van der Waals surface area (Å²) in [6.45, 7) is 6.49. The zero-order chi connectivity index (χ0) is 9.47. The fourth-order valence-electron chi connectivity index (χ4n) is 1.85. The SMILES string of the molecule is CC[C@@]1(C)Cc2cc(C)ccc2O1. The standard InChI is InChI=1S/C12H16O/c1-4-12(3)8-10-7-9(2)5-6-11(10)13-12/h5-7H,4,8H2,1-3H3/t12-/m0/s1. The lowest BCUT2D eigenvalue weighted by Crippen LogP contribution is -2.28. The lowest BCUT2D eigenvalue weighted by Gasteiger charge is -2.21. The molecule has 0 fully saturated rings. The van der Waals surface area contributed by atoms with Gasteiger partial charge in [-0.3, -0.25) is 0 Å². The molecule has 0 bridgehead atoms. The van der Waals surface area contributed by atoms with E-state index in [0.29, 0.717) is 0 Å². The molecule has 1 aromatic rings. The number of rotatable bonds is 1. The van der Waals surface area contributed by atoms with Crippen molar-refractivity contribution in [2.24, 2.45) is 0 Å². The summed E-state index contributed by atoms with van der Waals surface area (Å²) in [5, 5.41) is 0. The second-order valence-corrected chi connectivity index (χ2v) is 4.19. The summed E-state index contributed by atoms with van der Waals surface area (Å²) in [5.74, 6) is 1.08. The second-order valence-electron chi connectivity index (χ2n) is 4.19. The maximum absolute atomic E-state index is 5.90. The van der Waals surface area contributed by atoms with E-state index in [1.54, 1.807) is 0 Å². The van der Waals surface area contributed by atoms with Crippen LogP contribution in [0.3, 0.4) is 0 Å². The number of ether oxygens (including phenoxy) is 1. The van der Waals surface area contributed by atoms with Crippen molar-refractivity contribution in [2.75, 3.05) is 0 Å². The molecule has 70 valence electrons. The summed E-state index contributed by atoms with van der Waals surface area (Å²) < 4.78 is 5.90. The van der Waals surface area contributed by atoms with Gasteiger partial charge in [0, 0.05) is 6.42 Å². The van der Waals surface area contributed by atoms with Crippen LogP contribution in [0.5, 0.6) is 5.75 Å². The third kappa shape index (κ3) is 1.43. The summed E-state index contributed by atoms with van der Waals surface area (Å²) in [4.78, 5) is 0. The van der Waals surface area contributed by atoms with E-state index >= 15 is 0 Å². The Bertz CT molecular complexity index is 330. The van der Waals surface area contributed by atoms with Gasteiger partial charge in [-0.05, 0) is 31.9 Å². The average molecular weight is 176 g/mol. The van der Waals surface area contributed by atoms with E-state index in [1.807, 2.05) is 0 Å². The normalized spacial score (nSPS) is 25.5. The van der Waals surface area contributed by atoms with Crippen molar-refractivity contribution in [3.8, 4) is 5.75 Å². The quantitative estimate of drug-likeness (QED) is 0.639. The van der Waals surface area contributed by atoms with Crippen molar-refractivity contribution >= 4 is 0 Å². The molecular weight excluding hydrogens is 160 g/mol. The number of aryl methyl sites for hydroxylation is 1. The van der Waals surface area contributed by atoms with Crippen LogP contribution in [-0.2, 0) is 6.42 Å². The van der Waals surface area contributed by atoms with E-state index < -0.39 is 0 Å². The average Bonchev–Trinajstić information content (AvgIpc) is 2.42. The molecule has 0 saturated carbocycles. The minimum atomic E-state index is 0.0378. The highest BCUT2D eigenvalue weighted by Gasteiger charge is 2.32. The minimum absolute atomic E-state index is 0.0378. The molecule has 1 atom stereocenters. The van der Waals surface area contributed by atoms with Crippen molar-refractivity contribution in [3.05, 3.63) is 29.3 Å². The first-order valence-corrected chi connectivity index (χ1v) is 4.91. The molecule has 1 heterocycles. The van der Waals surface area contributed by atoms with Crippen LogP contribution in [0.2, 0.25) is 0 Å². The van der Waals surface area contributed by atoms with Gasteiger partial charge in [-0.1, -0.05) is 24.6 Å². The largest absolute Gasteiger partial charge is 0.487 e. The zero-order valence-corrected chi connectivity index (χ0v) is 8.55. The molecule has 0 saturated heterocycles. The van der Waals surface area contributed by atoms with E-state index in [9.17, 15) is 0 Å². The van der Waals surface area contributed by atoms with Gasteiger partial charge in [0.1, 0.15) is 11.4 Å². The molecule has 0 N–H and O–H groups in total. The molecule has 0 aliphatic carbocycles. The number of hydrogen-bond donors (Lipinski definition) is 0. The van der Waals surface area contributed by atoms with E-state index in [0.717, 1.165) is 18.6 Å². The maximum atomic E-state index is 5.90. The monoisotopic (exact) mass is 176 g/mol. The fourth-order valence-corrected chi connectivity index (χ4v) is 1.85. The first-order valence-electron chi connectivity index (χ1n) is 4.91. The molecule has 0 unspecified atom stereocenters. The van der Waals surface area contributed by atoms with Crippen LogP contribution in [0.4, 0.5) is 0 Å². The van der Waals surface area contributed by atoms with Crippen LogP contribution in [0.25, 0.3) is 0 Å². The van der Waals surface area contributed by atoms with Gasteiger partial charge in [0.05, 0.1) is 0 Å². The molecule has 1 nitrogen and oxygen atoms in total. The molecule has 1 heteroatoms. The molecule has 0 amide bonds. The van der Waals surface area contributed by atoms with Crippen LogP contribution in [-0.4, -0.2) is 5.60 Å². The minimum Gasteiger partial charge on any atom is -0.487 e. The molecular formula is C12H16O. The van der Waals surface area contributed by atoms with E-state index in [2.05, 4.69) is 39.0 Å². The summed E-state index contributed by atoms with van der Waals surface area (Å²) >= 11 is 0. The van der Waals surface area contributed by atoms with Crippen molar-refractivity contribution in [3.63, 3.8) is 0 Å². The van der Waals surface area contributed by atoms with E-state index in [1.165, 1.54) is 11.1 Å². The predicted molar refractivity (Wildman–Crippen MR) is 54.2 cm³/mol. The van der Waals surface area contributed by atoms with Crippen LogP contribution in [0.1, 0.15) is 31.4 Å². The Kier molecular flexibility index (Phi) is 1.83. The zero-order valence-electron chi connectivity index (χ0n) is 8.55. The van der Waals surface area contributed by atoms with Crippen LogP contribution in [0, 0.1) is 6.92 Å². The molecule has 0 spiro atoms. The first-order chi connectivity index (χ1) is 6.13. The lowest BCUT2D eigenvalue weighted by molar-refractivity contribution is 0.112. The van der Waals surface area contributed by atoms with E-state index in [4.69, 9.17) is 4.74 Å². The second kappa shape index (κ2) is 2.76. The third-order valence-corrected chi connectivity index (χ3v) is 2.88. The Morgan fingerprint density at radius 1 is 1.46 bits per heavy atom. The predicted octanol–water partition coefficient (Wildman–Crippen LogP) is 3.10. The molecule has 0 aromatic heterocycles. The smallest absolute Gasteiger partial charge is 0.123 e. The third-order valence-electron chi connectivity index (χ3n) is 2.88. The summed E-state index contributed by atoms with van der Waals surface area (Å²) in [6.07, 6.45) is 2.13. The van der Waals surface area contributed by atoms with Gasteiger partial charge < -0.3 is 4.74 Å². The Morgan fingerprint density at radius 2 is 2.23 bits per heavy atom. The van der Waals surface area contributed by atoms with Gasteiger partial charge >= 0.3 is 0 Å². The molecule has 1 aromatic carbocycles. The summed E-state index contributed by atoms with van der Waals surface area (Å²) in [5.41, 5.74) is 2.72. The van der Waals surface area contributed by atoms with Crippen molar-refractivity contribution in [2.45, 2.75) is 39.2 Å². The summed E-state index contributed by atoms with van der Waals surface area (Å²) in [6, 6.07) is 6.43. The molecule has 2 rings (SSSR count). The molecule has 13 heavy (non-hydrogen) atoms. The van der Waals surface area contributed by atoms with Gasteiger partial charge in [-0.25, -0.2) is 0 Å². The van der Waals surface area contributed by atoms with Crippen LogP contribution in [0.15, 0.2) is 18.2 Å². The highest BCUT2D eigenvalue weighted by molar-refractivity contribution is 5.41. The summed E-state index contributed by atoms with van der Waals surface area (Å²) in [7, 11) is 0. The Morgan fingerprint density at radius 3 is 2.92 bits per heavy atom. The maximum Gasteiger partial charge on any atom is 0.123 e. The highest BCUT2D eigenvalue weighted by Crippen LogP contribution is 2.36. The van der Waals surface area contributed by atoms with Crippen LogP contribution < -0.4 is 4.74 Å². The first kappa shape index (κ1) is 8.61. The highest BCUT2D eigenvalue weighted by atomic mass is 16.5. The Hall–Kier alpha value is -0.980. The number of benzene rings is 1. The van der Waals surface area contributed by atoms with Crippen molar-refractivity contribution in [1.82, 2.24) is 0 Å². The molecule has 0 radical (unpaired) electrons. The number of hydrogen-bond acceptors (Lipinski definition) is 1. The van der Waals surface area contributed by atoms with Gasteiger partial charge in [0.2, 0.25) is 0 Å². The molecule has 1 aliphatic heterocycles. The Labute approximate surface area is 79.7 Å². The molecule has 1 aliphatic rings. The van der Waals surface area contributed by atoms with Gasteiger partial charge in [-0.15, -0.1) is 0 Å². The van der Waals surface area contributed by atoms with Crippen LogP contribution >= 0.6 is 0 Å². The van der Waals surface area contributed by atoms with E-state index in [-0.39, 0.29) is 5.60 Å². The fraction of sp³-hybridized carbons (Fsp3) is 0.500. The Balaban J connectivity index is 2.35. The number of fused-ring (bicyclic) bond motifs is 1. The van der Waals surface area contributed by atoms with Crippen molar-refractivity contribution in [1.29, 1.82) is 0 Å². The van der Waals surface area contributed by atoms with Gasteiger partial charge in [0.15, 0.2) is 0 Å². The topological polar surface area (TPSA) is 9.23 Å². The van der Waals surface area contributed by atoms with Crippen molar-refractivity contribution < 1.29 is 4.74 Å².